The third-order valence-corrected chi connectivity index (χ3v) is 10.5. The molecule has 0 aromatic rings. The van der Waals surface area contributed by atoms with Crippen molar-refractivity contribution < 1.29 is 19.4 Å². The van der Waals surface area contributed by atoms with Crippen molar-refractivity contribution >= 4 is 5.97 Å². The number of carbonyl (C=O) groups is 1. The van der Waals surface area contributed by atoms with Crippen molar-refractivity contribution in [1.29, 1.82) is 0 Å². The van der Waals surface area contributed by atoms with Crippen molar-refractivity contribution in [3.05, 3.63) is 0 Å². The predicted octanol–water partition coefficient (Wildman–Crippen LogP) is 5.87. The van der Waals surface area contributed by atoms with Gasteiger partial charge in [0.05, 0.1) is 13.2 Å². The number of hydrogen-bond donors (Lipinski definition) is 2. The Morgan fingerprint density at radius 3 is 2.39 bits per heavy atom. The highest BCUT2D eigenvalue weighted by Gasteiger charge is 2.66. The molecule has 0 bridgehead atoms. The van der Waals surface area contributed by atoms with Gasteiger partial charge in [0.2, 0.25) is 0 Å². The largest absolute Gasteiger partial charge is 0.480 e. The standard InChI is InChI=1S/C28H49NO4/c1-6-12-26(4)20(11-15-29-24(25(30)31)18-19(2)3)7-8-21-22(26)9-13-27(5)23(21)10-14-28(27)32-16-17-33-28/h19-24,29H,6-18H2,1-5H3,(H,30,31)/t20?,21?,22?,23?,24-,26?,27?/m0/s1. The summed E-state index contributed by atoms with van der Waals surface area (Å²) in [5.41, 5.74) is 0.516. The first-order valence-electron chi connectivity index (χ1n) is 13.9. The highest BCUT2D eigenvalue weighted by Crippen LogP contribution is 2.68. The van der Waals surface area contributed by atoms with Crippen LogP contribution in [0, 0.1) is 40.4 Å². The molecule has 1 aliphatic heterocycles. The number of rotatable bonds is 9. The first-order valence-corrected chi connectivity index (χ1v) is 13.9. The Morgan fingerprint density at radius 1 is 1.06 bits per heavy atom. The summed E-state index contributed by atoms with van der Waals surface area (Å²) in [6, 6.07) is -0.421. The molecule has 4 rings (SSSR count). The van der Waals surface area contributed by atoms with Crippen LogP contribution in [0.3, 0.4) is 0 Å². The van der Waals surface area contributed by atoms with Gasteiger partial charge in [-0.1, -0.05) is 41.0 Å². The molecular formula is C28H49NO4. The fourth-order valence-corrected chi connectivity index (χ4v) is 9.00. The smallest absolute Gasteiger partial charge is 0.320 e. The maximum absolute atomic E-state index is 11.7. The molecule has 6 unspecified atom stereocenters. The molecule has 4 aliphatic rings. The van der Waals surface area contributed by atoms with Gasteiger partial charge in [0.1, 0.15) is 6.04 Å². The minimum atomic E-state index is -0.707. The van der Waals surface area contributed by atoms with Gasteiger partial charge in [0.15, 0.2) is 5.79 Å². The molecule has 0 aromatic heterocycles. The van der Waals surface area contributed by atoms with Gasteiger partial charge in [-0.3, -0.25) is 4.79 Å². The second kappa shape index (κ2) is 9.78. The van der Waals surface area contributed by atoms with E-state index in [1.54, 1.807) is 0 Å². The summed E-state index contributed by atoms with van der Waals surface area (Å²) in [5, 5.41) is 13.0. The number of aliphatic carboxylic acids is 1. The van der Waals surface area contributed by atoms with Crippen molar-refractivity contribution in [2.24, 2.45) is 40.4 Å². The molecule has 3 saturated carbocycles. The van der Waals surface area contributed by atoms with E-state index in [4.69, 9.17) is 9.47 Å². The summed E-state index contributed by atoms with van der Waals surface area (Å²) >= 11 is 0. The third kappa shape index (κ3) is 4.40. The Bertz CT molecular complexity index is 689. The molecule has 33 heavy (non-hydrogen) atoms. The third-order valence-electron chi connectivity index (χ3n) is 10.5. The lowest BCUT2D eigenvalue weighted by atomic mass is 9.46. The van der Waals surface area contributed by atoms with Gasteiger partial charge >= 0.3 is 5.97 Å². The molecule has 1 spiro atoms. The molecule has 1 heterocycles. The second-order valence-corrected chi connectivity index (χ2v) is 12.6. The number of carboxylic acids is 1. The molecule has 190 valence electrons. The fourth-order valence-electron chi connectivity index (χ4n) is 9.00. The molecule has 4 fully saturated rings. The van der Waals surface area contributed by atoms with Gasteiger partial charge in [-0.2, -0.15) is 0 Å². The Morgan fingerprint density at radius 2 is 1.76 bits per heavy atom. The quantitative estimate of drug-likeness (QED) is 0.448. The number of nitrogens with one attached hydrogen (secondary N) is 1. The van der Waals surface area contributed by atoms with Crippen LogP contribution in [0.1, 0.15) is 98.8 Å². The lowest BCUT2D eigenvalue weighted by Crippen LogP contribution is -2.56. The first-order chi connectivity index (χ1) is 15.7. The van der Waals surface area contributed by atoms with E-state index in [-0.39, 0.29) is 11.2 Å². The van der Waals surface area contributed by atoms with Gasteiger partial charge < -0.3 is 19.9 Å². The zero-order valence-electron chi connectivity index (χ0n) is 21.8. The molecule has 5 nitrogen and oxygen atoms in total. The van der Waals surface area contributed by atoms with Gasteiger partial charge in [-0.15, -0.1) is 0 Å². The van der Waals surface area contributed by atoms with Crippen LogP contribution >= 0.6 is 0 Å². The molecule has 0 amide bonds. The van der Waals surface area contributed by atoms with E-state index in [1.807, 2.05) is 0 Å². The SMILES string of the molecule is CCCC1(C)C(CCN[C@@H](CC(C)C)C(=O)O)CCC2C1CCC1(C)C2CCC12OCCO2. The molecule has 1 saturated heterocycles. The molecule has 5 heteroatoms. The van der Waals surface area contributed by atoms with E-state index in [0.29, 0.717) is 29.6 Å². The van der Waals surface area contributed by atoms with Crippen LogP contribution in [0.5, 0.6) is 0 Å². The highest BCUT2D eigenvalue weighted by molar-refractivity contribution is 5.73. The van der Waals surface area contributed by atoms with Crippen molar-refractivity contribution in [3.63, 3.8) is 0 Å². The monoisotopic (exact) mass is 463 g/mol. The predicted molar refractivity (Wildman–Crippen MR) is 131 cm³/mol. The van der Waals surface area contributed by atoms with Crippen LogP contribution in [0.15, 0.2) is 0 Å². The number of fused-ring (bicyclic) bond motifs is 4. The van der Waals surface area contributed by atoms with Crippen molar-refractivity contribution in [1.82, 2.24) is 5.32 Å². The molecule has 7 atom stereocenters. The van der Waals surface area contributed by atoms with Crippen LogP contribution < -0.4 is 5.32 Å². The van der Waals surface area contributed by atoms with Gasteiger partial charge in [0, 0.05) is 11.8 Å². The molecule has 2 N–H and O–H groups in total. The number of ether oxygens (including phenoxy) is 2. The molecule has 0 radical (unpaired) electrons. The molecular weight excluding hydrogens is 414 g/mol. The van der Waals surface area contributed by atoms with Crippen LogP contribution in [0.4, 0.5) is 0 Å². The van der Waals surface area contributed by atoms with Crippen molar-refractivity contribution in [3.8, 4) is 0 Å². The summed E-state index contributed by atoms with van der Waals surface area (Å²) in [6.45, 7) is 13.9. The van der Waals surface area contributed by atoms with Crippen LogP contribution in [0.25, 0.3) is 0 Å². The Kier molecular flexibility index (Phi) is 7.54. The van der Waals surface area contributed by atoms with E-state index in [2.05, 4.69) is 39.9 Å². The Hall–Kier alpha value is -0.650. The van der Waals surface area contributed by atoms with Gasteiger partial charge in [-0.05, 0) is 92.9 Å². The highest BCUT2D eigenvalue weighted by atomic mass is 16.7. The fraction of sp³-hybridized carbons (Fsp3) is 0.964. The summed E-state index contributed by atoms with van der Waals surface area (Å²) in [4.78, 5) is 11.7. The summed E-state index contributed by atoms with van der Waals surface area (Å²) in [6.07, 6.45) is 11.7. The van der Waals surface area contributed by atoms with E-state index in [0.717, 1.165) is 44.4 Å². The van der Waals surface area contributed by atoms with Gasteiger partial charge in [-0.25, -0.2) is 0 Å². The van der Waals surface area contributed by atoms with E-state index < -0.39 is 12.0 Å². The summed E-state index contributed by atoms with van der Waals surface area (Å²) in [7, 11) is 0. The minimum absolute atomic E-state index is 0.164. The van der Waals surface area contributed by atoms with Crippen LogP contribution in [0.2, 0.25) is 0 Å². The normalized spacial score (nSPS) is 40.7. The molecule has 0 aromatic carbocycles. The molecule has 3 aliphatic carbocycles. The maximum Gasteiger partial charge on any atom is 0.320 e. The maximum atomic E-state index is 11.7. The second-order valence-electron chi connectivity index (χ2n) is 12.6. The summed E-state index contributed by atoms with van der Waals surface area (Å²) < 4.78 is 12.6. The van der Waals surface area contributed by atoms with Crippen molar-refractivity contribution in [2.75, 3.05) is 19.8 Å². The number of carboxylic acid groups (broad SMARTS) is 1. The Labute approximate surface area is 201 Å². The van der Waals surface area contributed by atoms with Crippen LogP contribution in [-0.2, 0) is 14.3 Å². The van der Waals surface area contributed by atoms with E-state index in [1.165, 1.54) is 44.9 Å². The van der Waals surface area contributed by atoms with Crippen LogP contribution in [-0.4, -0.2) is 42.7 Å². The zero-order chi connectivity index (χ0) is 23.9. The topological polar surface area (TPSA) is 67.8 Å². The Balaban J connectivity index is 1.45. The van der Waals surface area contributed by atoms with E-state index >= 15 is 0 Å². The average Bonchev–Trinajstić information content (AvgIpc) is 3.35. The lowest BCUT2D eigenvalue weighted by Gasteiger charge is -2.60. The van der Waals surface area contributed by atoms with E-state index in [9.17, 15) is 9.90 Å². The van der Waals surface area contributed by atoms with Crippen molar-refractivity contribution in [2.45, 2.75) is 111 Å². The minimum Gasteiger partial charge on any atom is -0.480 e. The number of hydrogen-bond acceptors (Lipinski definition) is 4. The van der Waals surface area contributed by atoms with Gasteiger partial charge in [0.25, 0.3) is 0 Å². The zero-order valence-corrected chi connectivity index (χ0v) is 21.8. The summed E-state index contributed by atoms with van der Waals surface area (Å²) in [5.74, 6) is 2.32. The lowest BCUT2D eigenvalue weighted by molar-refractivity contribution is -0.246. The average molecular weight is 464 g/mol. The first kappa shape index (κ1) is 25.4.